The molecule has 34 heavy (non-hydrogen) atoms. The zero-order valence-electron chi connectivity index (χ0n) is 17.4. The van der Waals surface area contributed by atoms with E-state index in [0.717, 1.165) is 17.3 Å². The van der Waals surface area contributed by atoms with Gasteiger partial charge in [0.1, 0.15) is 0 Å². The van der Waals surface area contributed by atoms with E-state index in [2.05, 4.69) is 20.7 Å². The normalized spacial score (nSPS) is 11.3. The number of nitro groups is 1. The Balaban J connectivity index is 1.55. The predicted octanol–water partition coefficient (Wildman–Crippen LogP) is 5.62. The van der Waals surface area contributed by atoms with Crippen LogP contribution in [0.3, 0.4) is 0 Å². The summed E-state index contributed by atoms with van der Waals surface area (Å²) in [6.45, 7) is 0. The van der Waals surface area contributed by atoms with Gasteiger partial charge < -0.3 is 4.42 Å². The summed E-state index contributed by atoms with van der Waals surface area (Å²) in [6.07, 6.45) is 0.451. The molecule has 0 radical (unpaired) electrons. The lowest BCUT2D eigenvalue weighted by Gasteiger charge is -2.05. The minimum absolute atomic E-state index is 0.0376. The number of Topliss-reactive ketones (excluding diaryl/α,β-unsaturated/α-hetero) is 1. The average molecular weight is 494 g/mol. The number of hydrogen-bond donors (Lipinski definition) is 1. The van der Waals surface area contributed by atoms with Crippen molar-refractivity contribution >= 4 is 45.6 Å². The summed E-state index contributed by atoms with van der Waals surface area (Å²) in [5.74, 6) is 0.00853. The van der Waals surface area contributed by atoms with Crippen LogP contribution < -0.4 is 5.43 Å². The molecule has 0 unspecified atom stereocenters. The van der Waals surface area contributed by atoms with Crippen molar-refractivity contribution in [2.45, 2.75) is 11.6 Å². The van der Waals surface area contributed by atoms with Crippen LogP contribution >= 0.6 is 23.4 Å². The molecule has 4 aromatic rings. The number of hydrazone groups is 1. The first-order chi connectivity index (χ1) is 16.5. The largest absolute Gasteiger partial charge is 0.415 e. The van der Waals surface area contributed by atoms with Gasteiger partial charge in [0.05, 0.1) is 17.0 Å². The van der Waals surface area contributed by atoms with Gasteiger partial charge in [0.25, 0.3) is 10.9 Å². The summed E-state index contributed by atoms with van der Waals surface area (Å²) in [5, 5.41) is 23.8. The van der Waals surface area contributed by atoms with Gasteiger partial charge in [0.15, 0.2) is 5.04 Å². The zero-order valence-corrected chi connectivity index (χ0v) is 19.0. The number of nitrogens with zero attached hydrogens (tertiary/aromatic N) is 4. The van der Waals surface area contributed by atoms with Crippen LogP contribution in [0.25, 0.3) is 0 Å². The van der Waals surface area contributed by atoms with Crippen LogP contribution in [0.4, 0.5) is 11.4 Å². The molecule has 1 N–H and O–H groups in total. The van der Waals surface area contributed by atoms with E-state index in [1.165, 1.54) is 24.3 Å². The van der Waals surface area contributed by atoms with Crippen molar-refractivity contribution < 1.29 is 14.1 Å². The van der Waals surface area contributed by atoms with Gasteiger partial charge in [-0.15, -0.1) is 10.2 Å². The highest BCUT2D eigenvalue weighted by Gasteiger charge is 2.20. The van der Waals surface area contributed by atoms with Crippen LogP contribution in [0.5, 0.6) is 0 Å². The van der Waals surface area contributed by atoms with E-state index in [9.17, 15) is 14.9 Å². The third kappa shape index (κ3) is 6.06. The molecule has 11 heteroatoms. The number of carbonyl (C=O) groups excluding carboxylic acids is 1. The smallest absolute Gasteiger partial charge is 0.283 e. The quantitative estimate of drug-likeness (QED) is 0.0837. The standard InChI is InChI=1S/C23H16ClN5O4S/c24-17-8-6-16(7-9-17)21(30)22(27-25-18-10-12-19(13-11-18)29(31)32)34-23-28-26-20(33-23)14-15-4-2-1-3-5-15/h1-13,25H,14H2/b27-22-. The molecule has 0 spiro atoms. The fraction of sp³-hybridized carbons (Fsp3) is 0.0435. The van der Waals surface area contributed by atoms with Gasteiger partial charge in [-0.05, 0) is 53.7 Å². The van der Waals surface area contributed by atoms with Crippen molar-refractivity contribution in [1.82, 2.24) is 10.2 Å². The maximum atomic E-state index is 13.1. The molecule has 0 fully saturated rings. The lowest BCUT2D eigenvalue weighted by Crippen LogP contribution is -2.13. The Morgan fingerprint density at radius 1 is 1.03 bits per heavy atom. The van der Waals surface area contributed by atoms with E-state index in [4.69, 9.17) is 16.0 Å². The maximum Gasteiger partial charge on any atom is 0.283 e. The second-order valence-electron chi connectivity index (χ2n) is 6.89. The SMILES string of the molecule is O=C(/C(=N/Nc1ccc([N+](=O)[O-])cc1)Sc1nnc(Cc2ccccc2)o1)c1ccc(Cl)cc1. The lowest BCUT2D eigenvalue weighted by molar-refractivity contribution is -0.384. The van der Waals surface area contributed by atoms with E-state index in [-0.39, 0.29) is 21.7 Å². The summed E-state index contributed by atoms with van der Waals surface area (Å²) in [7, 11) is 0. The molecule has 0 saturated carbocycles. The monoisotopic (exact) mass is 493 g/mol. The molecule has 0 aliphatic heterocycles. The van der Waals surface area contributed by atoms with Gasteiger partial charge in [0, 0.05) is 22.7 Å². The number of non-ortho nitro benzene ring substituents is 1. The van der Waals surface area contributed by atoms with Crippen LogP contribution in [0.15, 0.2) is 93.6 Å². The Kier molecular flexibility index (Phi) is 7.31. The molecule has 0 amide bonds. The van der Waals surface area contributed by atoms with Gasteiger partial charge >= 0.3 is 0 Å². The molecule has 0 aliphatic rings. The molecule has 4 rings (SSSR count). The third-order valence-electron chi connectivity index (χ3n) is 4.50. The van der Waals surface area contributed by atoms with Crippen LogP contribution in [-0.4, -0.2) is 25.9 Å². The molecule has 0 atom stereocenters. The molecule has 0 saturated heterocycles. The molecule has 1 aromatic heterocycles. The fourth-order valence-electron chi connectivity index (χ4n) is 2.82. The van der Waals surface area contributed by atoms with Gasteiger partial charge in [-0.1, -0.05) is 41.9 Å². The minimum atomic E-state index is -0.499. The highest BCUT2D eigenvalue weighted by molar-refractivity contribution is 8.15. The van der Waals surface area contributed by atoms with Crippen LogP contribution in [-0.2, 0) is 6.42 Å². The number of thioether (sulfide) groups is 1. The molecular formula is C23H16ClN5O4S. The van der Waals surface area contributed by atoms with Crippen LogP contribution in [0, 0.1) is 10.1 Å². The van der Waals surface area contributed by atoms with Gasteiger partial charge in [-0.2, -0.15) is 5.10 Å². The summed E-state index contributed by atoms with van der Waals surface area (Å²) < 4.78 is 5.70. The number of ketones is 1. The second-order valence-corrected chi connectivity index (χ2v) is 8.27. The number of benzene rings is 3. The number of nitrogens with one attached hydrogen (secondary N) is 1. The Bertz CT molecular complexity index is 1330. The number of nitro benzene ring substituents is 1. The first-order valence-electron chi connectivity index (χ1n) is 9.90. The molecule has 1 heterocycles. The predicted molar refractivity (Wildman–Crippen MR) is 129 cm³/mol. The van der Waals surface area contributed by atoms with E-state index in [0.29, 0.717) is 28.6 Å². The Morgan fingerprint density at radius 2 is 1.74 bits per heavy atom. The number of carbonyl (C=O) groups is 1. The molecule has 9 nitrogen and oxygen atoms in total. The van der Waals surface area contributed by atoms with Crippen molar-refractivity contribution in [2.75, 3.05) is 5.43 Å². The van der Waals surface area contributed by atoms with E-state index >= 15 is 0 Å². The third-order valence-corrected chi connectivity index (χ3v) is 5.56. The van der Waals surface area contributed by atoms with E-state index in [1.807, 2.05) is 30.3 Å². The molecule has 3 aromatic carbocycles. The van der Waals surface area contributed by atoms with Gasteiger partial charge in [-0.3, -0.25) is 20.3 Å². The Labute approximate surface area is 203 Å². The number of hydrogen-bond acceptors (Lipinski definition) is 9. The molecule has 170 valence electrons. The van der Waals surface area contributed by atoms with Crippen molar-refractivity contribution in [3.63, 3.8) is 0 Å². The van der Waals surface area contributed by atoms with E-state index in [1.54, 1.807) is 24.3 Å². The number of aromatic nitrogens is 2. The van der Waals surface area contributed by atoms with Crippen molar-refractivity contribution in [1.29, 1.82) is 0 Å². The first kappa shape index (κ1) is 23.1. The van der Waals surface area contributed by atoms with Crippen molar-refractivity contribution in [3.05, 3.63) is 111 Å². The molecule has 0 bridgehead atoms. The van der Waals surface area contributed by atoms with Crippen molar-refractivity contribution in [3.8, 4) is 0 Å². The van der Waals surface area contributed by atoms with Crippen LogP contribution in [0.1, 0.15) is 21.8 Å². The topological polar surface area (TPSA) is 124 Å². The number of rotatable bonds is 8. The first-order valence-corrected chi connectivity index (χ1v) is 11.1. The zero-order chi connectivity index (χ0) is 23.9. The second kappa shape index (κ2) is 10.7. The van der Waals surface area contributed by atoms with Crippen LogP contribution in [0.2, 0.25) is 5.02 Å². The lowest BCUT2D eigenvalue weighted by atomic mass is 10.1. The summed E-state index contributed by atoms with van der Waals surface area (Å²) in [5.41, 5.74) is 4.53. The molecule has 0 aliphatic carbocycles. The average Bonchev–Trinajstić information content (AvgIpc) is 3.29. The minimum Gasteiger partial charge on any atom is -0.415 e. The summed E-state index contributed by atoms with van der Waals surface area (Å²) in [4.78, 5) is 23.5. The maximum absolute atomic E-state index is 13.1. The fourth-order valence-corrected chi connectivity index (χ4v) is 3.63. The molecular weight excluding hydrogens is 478 g/mol. The van der Waals surface area contributed by atoms with Crippen molar-refractivity contribution in [2.24, 2.45) is 5.10 Å². The van der Waals surface area contributed by atoms with E-state index < -0.39 is 4.92 Å². The Morgan fingerprint density at radius 3 is 2.41 bits per heavy atom. The highest BCUT2D eigenvalue weighted by Crippen LogP contribution is 2.23. The van der Waals surface area contributed by atoms with Gasteiger partial charge in [0.2, 0.25) is 11.7 Å². The number of anilines is 1. The summed E-state index contributed by atoms with van der Waals surface area (Å²) >= 11 is 6.84. The van der Waals surface area contributed by atoms with Gasteiger partial charge in [-0.25, -0.2) is 0 Å². The number of halogens is 1. The Hall–Kier alpha value is -4.02. The summed E-state index contributed by atoms with van der Waals surface area (Å²) in [6, 6.07) is 21.7. The highest BCUT2D eigenvalue weighted by atomic mass is 35.5.